The molecule has 0 saturated carbocycles. The van der Waals surface area contributed by atoms with Crippen LogP contribution in [0.1, 0.15) is 11.1 Å². The molecule has 0 fully saturated rings. The molecule has 2 heteroatoms. The van der Waals surface area contributed by atoms with Crippen molar-refractivity contribution in [2.45, 2.75) is 6.54 Å². The Hall–Kier alpha value is -0.890. The van der Waals surface area contributed by atoms with Gasteiger partial charge in [0.2, 0.25) is 0 Å². The molecule has 0 aliphatic heterocycles. The summed E-state index contributed by atoms with van der Waals surface area (Å²) in [7, 11) is 0. The van der Waals surface area contributed by atoms with Gasteiger partial charge in [-0.3, -0.25) is 0 Å². The molecule has 0 aliphatic rings. The molecule has 0 spiro atoms. The van der Waals surface area contributed by atoms with E-state index in [-0.39, 0.29) is 12.4 Å². The van der Waals surface area contributed by atoms with Gasteiger partial charge in [0.05, 0.1) is 0 Å². The van der Waals surface area contributed by atoms with Crippen LogP contribution in [-0.4, -0.2) is 0 Å². The topological polar surface area (TPSA) is 26.0 Å². The van der Waals surface area contributed by atoms with Crippen molar-refractivity contribution in [1.29, 1.82) is 0 Å². The van der Waals surface area contributed by atoms with Crippen LogP contribution in [0.15, 0.2) is 18.2 Å². The average molecular weight is 138 g/mol. The lowest BCUT2D eigenvalue weighted by atomic mass is 10.1. The number of halogens is 1. The first-order chi connectivity index (χ1) is 4.74. The molecule has 10 heavy (non-hydrogen) atoms. The summed E-state index contributed by atoms with van der Waals surface area (Å²) in [6.07, 6.45) is 0. The summed E-state index contributed by atoms with van der Waals surface area (Å²) in [5.41, 5.74) is 6.57. The molecular weight excluding hydrogens is 129 g/mol. The van der Waals surface area contributed by atoms with Gasteiger partial charge in [-0.05, 0) is 18.6 Å². The van der Waals surface area contributed by atoms with Gasteiger partial charge in [-0.25, -0.2) is 4.39 Å². The Bertz CT molecular complexity index is 233. The van der Waals surface area contributed by atoms with Crippen molar-refractivity contribution >= 4 is 0 Å². The minimum Gasteiger partial charge on any atom is -0.326 e. The van der Waals surface area contributed by atoms with Crippen molar-refractivity contribution in [3.8, 4) is 0 Å². The number of hydrogen-bond donors (Lipinski definition) is 1. The highest BCUT2D eigenvalue weighted by molar-refractivity contribution is 5.26. The van der Waals surface area contributed by atoms with Gasteiger partial charge in [-0.15, -0.1) is 0 Å². The number of benzene rings is 1. The minimum absolute atomic E-state index is 0.231. The van der Waals surface area contributed by atoms with E-state index in [4.69, 9.17) is 5.73 Å². The molecule has 0 saturated heterocycles. The van der Waals surface area contributed by atoms with Crippen LogP contribution >= 0.6 is 0 Å². The van der Waals surface area contributed by atoms with Crippen LogP contribution in [0.4, 0.5) is 4.39 Å². The second-order valence-electron chi connectivity index (χ2n) is 2.13. The predicted molar refractivity (Wildman–Crippen MR) is 38.8 cm³/mol. The first-order valence-electron chi connectivity index (χ1n) is 3.04. The predicted octanol–water partition coefficient (Wildman–Crippen LogP) is 1.47. The Labute approximate surface area is 59.7 Å². The highest BCUT2D eigenvalue weighted by Gasteiger charge is 1.97. The van der Waals surface area contributed by atoms with Crippen LogP contribution < -0.4 is 5.73 Å². The molecule has 1 aromatic rings. The molecule has 1 nitrogen and oxygen atoms in total. The lowest BCUT2D eigenvalue weighted by Crippen LogP contribution is -1.99. The van der Waals surface area contributed by atoms with Gasteiger partial charge >= 0.3 is 0 Å². The lowest BCUT2D eigenvalue weighted by Gasteiger charge is -1.98. The van der Waals surface area contributed by atoms with E-state index in [0.717, 1.165) is 5.56 Å². The van der Waals surface area contributed by atoms with Gasteiger partial charge in [0.15, 0.2) is 0 Å². The molecule has 1 rings (SSSR count). The van der Waals surface area contributed by atoms with Gasteiger partial charge in [0.1, 0.15) is 5.82 Å². The molecule has 2 N–H and O–H groups in total. The zero-order chi connectivity index (χ0) is 7.56. The van der Waals surface area contributed by atoms with Crippen molar-refractivity contribution in [2.24, 2.45) is 5.73 Å². The summed E-state index contributed by atoms with van der Waals surface area (Å²) in [4.78, 5) is 0. The normalized spacial score (nSPS) is 9.90. The molecule has 1 aromatic carbocycles. The van der Waals surface area contributed by atoms with Crippen molar-refractivity contribution in [2.75, 3.05) is 0 Å². The molecule has 0 heterocycles. The Balaban J connectivity index is 3.09. The first-order valence-corrected chi connectivity index (χ1v) is 3.04. The molecule has 53 valence electrons. The quantitative estimate of drug-likeness (QED) is 0.624. The van der Waals surface area contributed by atoms with E-state index in [1.54, 1.807) is 12.1 Å². The summed E-state index contributed by atoms with van der Waals surface area (Å²) < 4.78 is 12.7. The van der Waals surface area contributed by atoms with Crippen molar-refractivity contribution in [3.05, 3.63) is 42.1 Å². The highest BCUT2D eigenvalue weighted by Crippen LogP contribution is 2.08. The molecular formula is C8H9FN. The van der Waals surface area contributed by atoms with Crippen LogP contribution in [0.5, 0.6) is 0 Å². The maximum absolute atomic E-state index is 12.7. The van der Waals surface area contributed by atoms with Crippen molar-refractivity contribution < 1.29 is 4.39 Å². The zero-order valence-corrected chi connectivity index (χ0v) is 5.60. The number of rotatable bonds is 1. The summed E-state index contributed by atoms with van der Waals surface area (Å²) in [5.74, 6) is -0.255. The standard InChI is InChI=1S/C8H9FN/c1-6-2-3-8(9)7(4-6)5-10/h2-4H,1,5,10H2. The molecule has 0 aromatic heterocycles. The van der Waals surface area contributed by atoms with Gasteiger partial charge in [0.25, 0.3) is 0 Å². The van der Waals surface area contributed by atoms with E-state index >= 15 is 0 Å². The fourth-order valence-corrected chi connectivity index (χ4v) is 0.785. The molecule has 1 radical (unpaired) electrons. The lowest BCUT2D eigenvalue weighted by molar-refractivity contribution is 0.610. The van der Waals surface area contributed by atoms with Crippen LogP contribution in [0.25, 0.3) is 0 Å². The Morgan fingerprint density at radius 3 is 2.70 bits per heavy atom. The second kappa shape index (κ2) is 2.80. The summed E-state index contributed by atoms with van der Waals surface area (Å²) >= 11 is 0. The van der Waals surface area contributed by atoms with Crippen LogP contribution in [0.2, 0.25) is 0 Å². The largest absolute Gasteiger partial charge is 0.326 e. The van der Waals surface area contributed by atoms with E-state index in [0.29, 0.717) is 5.56 Å². The van der Waals surface area contributed by atoms with E-state index in [1.165, 1.54) is 6.07 Å². The minimum atomic E-state index is -0.255. The summed E-state index contributed by atoms with van der Waals surface area (Å²) in [6, 6.07) is 4.65. The van der Waals surface area contributed by atoms with Gasteiger partial charge in [-0.1, -0.05) is 12.1 Å². The fourth-order valence-electron chi connectivity index (χ4n) is 0.785. The molecule has 0 amide bonds. The maximum Gasteiger partial charge on any atom is 0.127 e. The Morgan fingerprint density at radius 1 is 1.50 bits per heavy atom. The van der Waals surface area contributed by atoms with Gasteiger partial charge < -0.3 is 5.73 Å². The molecule has 0 bridgehead atoms. The molecule has 0 atom stereocenters. The monoisotopic (exact) mass is 138 g/mol. The van der Waals surface area contributed by atoms with Gasteiger partial charge in [-0.2, -0.15) is 0 Å². The molecule has 0 aliphatic carbocycles. The SMILES string of the molecule is [CH2]c1ccc(F)c(CN)c1. The van der Waals surface area contributed by atoms with E-state index in [9.17, 15) is 4.39 Å². The number of hydrogen-bond acceptors (Lipinski definition) is 1. The average Bonchev–Trinajstić information content (AvgIpc) is 1.94. The van der Waals surface area contributed by atoms with E-state index in [1.807, 2.05) is 0 Å². The fraction of sp³-hybridized carbons (Fsp3) is 0.125. The highest BCUT2D eigenvalue weighted by atomic mass is 19.1. The van der Waals surface area contributed by atoms with E-state index in [2.05, 4.69) is 6.92 Å². The number of nitrogens with two attached hydrogens (primary N) is 1. The van der Waals surface area contributed by atoms with Crippen molar-refractivity contribution in [3.63, 3.8) is 0 Å². The maximum atomic E-state index is 12.7. The third kappa shape index (κ3) is 1.33. The van der Waals surface area contributed by atoms with Gasteiger partial charge in [0, 0.05) is 12.1 Å². The second-order valence-corrected chi connectivity index (χ2v) is 2.13. The van der Waals surface area contributed by atoms with Crippen LogP contribution in [-0.2, 0) is 6.54 Å². The van der Waals surface area contributed by atoms with E-state index < -0.39 is 0 Å². The first kappa shape index (κ1) is 7.22. The Morgan fingerprint density at radius 2 is 2.20 bits per heavy atom. The van der Waals surface area contributed by atoms with Crippen LogP contribution in [0, 0.1) is 12.7 Å². The zero-order valence-electron chi connectivity index (χ0n) is 5.60. The van der Waals surface area contributed by atoms with Crippen LogP contribution in [0.3, 0.4) is 0 Å². The summed E-state index contributed by atoms with van der Waals surface area (Å²) in [6.45, 7) is 3.88. The van der Waals surface area contributed by atoms with Crippen molar-refractivity contribution in [1.82, 2.24) is 0 Å². The summed E-state index contributed by atoms with van der Waals surface area (Å²) in [5, 5.41) is 0. The molecule has 0 unspecified atom stereocenters. The Kier molecular flexibility index (Phi) is 2.02. The smallest absolute Gasteiger partial charge is 0.127 e. The third-order valence-corrected chi connectivity index (χ3v) is 1.33. The third-order valence-electron chi connectivity index (χ3n) is 1.33.